The lowest BCUT2D eigenvalue weighted by molar-refractivity contribution is 0.428. The lowest BCUT2D eigenvalue weighted by atomic mass is 10.1. The first-order valence-electron chi connectivity index (χ1n) is 6.04. The maximum absolute atomic E-state index is 10.2. The van der Waals surface area contributed by atoms with E-state index in [-0.39, 0.29) is 5.88 Å². The molecule has 0 aliphatic heterocycles. The zero-order valence-electron chi connectivity index (χ0n) is 10.6. The van der Waals surface area contributed by atoms with Crippen LogP contribution in [0, 0.1) is 6.92 Å². The van der Waals surface area contributed by atoms with Gasteiger partial charge in [-0.2, -0.15) is 5.10 Å². The van der Waals surface area contributed by atoms with Gasteiger partial charge in [-0.1, -0.05) is 32.0 Å². The predicted octanol–water partition coefficient (Wildman–Crippen LogP) is 3.01. The van der Waals surface area contributed by atoms with Crippen LogP contribution in [0.25, 0.3) is 5.69 Å². The van der Waals surface area contributed by atoms with Crippen molar-refractivity contribution in [3.8, 4) is 11.6 Å². The van der Waals surface area contributed by atoms with E-state index in [0.29, 0.717) is 0 Å². The third-order valence-corrected chi connectivity index (χ3v) is 3.07. The normalized spacial score (nSPS) is 10.8. The first kappa shape index (κ1) is 11.7. The van der Waals surface area contributed by atoms with Crippen LogP contribution in [0.5, 0.6) is 5.88 Å². The quantitative estimate of drug-likeness (QED) is 0.880. The van der Waals surface area contributed by atoms with Crippen molar-refractivity contribution in [2.75, 3.05) is 0 Å². The van der Waals surface area contributed by atoms with Crippen LogP contribution in [0.3, 0.4) is 0 Å². The summed E-state index contributed by atoms with van der Waals surface area (Å²) >= 11 is 0. The molecule has 0 aliphatic rings. The van der Waals surface area contributed by atoms with E-state index in [9.17, 15) is 5.11 Å². The van der Waals surface area contributed by atoms with Crippen LogP contribution in [0.4, 0.5) is 0 Å². The number of hydrogen-bond donors (Lipinski definition) is 1. The maximum Gasteiger partial charge on any atom is 0.217 e. The molecule has 90 valence electrons. The Morgan fingerprint density at radius 2 is 1.88 bits per heavy atom. The van der Waals surface area contributed by atoms with Crippen LogP contribution >= 0.6 is 0 Å². The van der Waals surface area contributed by atoms with Gasteiger partial charge >= 0.3 is 0 Å². The monoisotopic (exact) mass is 230 g/mol. The van der Waals surface area contributed by atoms with Crippen molar-refractivity contribution in [3.05, 3.63) is 41.1 Å². The molecule has 3 nitrogen and oxygen atoms in total. The van der Waals surface area contributed by atoms with E-state index in [2.05, 4.69) is 12.0 Å². The summed E-state index contributed by atoms with van der Waals surface area (Å²) in [6.07, 6.45) is 1.65. The molecule has 1 N–H and O–H groups in total. The molecule has 0 bridgehead atoms. The van der Waals surface area contributed by atoms with Gasteiger partial charge in [0.25, 0.3) is 0 Å². The number of rotatable bonds is 3. The minimum absolute atomic E-state index is 0.277. The van der Waals surface area contributed by atoms with Gasteiger partial charge in [-0.05, 0) is 31.4 Å². The molecule has 3 heteroatoms. The number of benzene rings is 1. The van der Waals surface area contributed by atoms with E-state index in [1.165, 1.54) is 0 Å². The van der Waals surface area contributed by atoms with Crippen molar-refractivity contribution in [3.63, 3.8) is 0 Å². The van der Waals surface area contributed by atoms with Crippen molar-refractivity contribution in [2.24, 2.45) is 0 Å². The van der Waals surface area contributed by atoms with Gasteiger partial charge in [-0.25, -0.2) is 4.68 Å². The number of hydrogen-bond acceptors (Lipinski definition) is 2. The Hall–Kier alpha value is -1.77. The Morgan fingerprint density at radius 3 is 2.41 bits per heavy atom. The maximum atomic E-state index is 10.2. The summed E-state index contributed by atoms with van der Waals surface area (Å²) in [6, 6.07) is 7.94. The highest BCUT2D eigenvalue weighted by Crippen LogP contribution is 2.27. The molecule has 2 rings (SSSR count). The standard InChI is InChI=1S/C14H18N2O/c1-4-11-12(5-2)15-16(14(11)17)13-9-7-6-8-10(13)3/h6-9,17H,4-5H2,1-3H3. The minimum atomic E-state index is 0.277. The SMILES string of the molecule is CCc1nn(-c2ccccc2C)c(O)c1CC. The Bertz CT molecular complexity index is 529. The van der Waals surface area contributed by atoms with E-state index >= 15 is 0 Å². The first-order valence-corrected chi connectivity index (χ1v) is 6.04. The van der Waals surface area contributed by atoms with Crippen LogP contribution in [-0.4, -0.2) is 14.9 Å². The summed E-state index contributed by atoms with van der Waals surface area (Å²) in [4.78, 5) is 0. The second kappa shape index (κ2) is 4.62. The fraction of sp³-hybridized carbons (Fsp3) is 0.357. The van der Waals surface area contributed by atoms with E-state index in [1.807, 2.05) is 38.1 Å². The van der Waals surface area contributed by atoms with E-state index in [0.717, 1.165) is 35.3 Å². The number of para-hydroxylation sites is 1. The summed E-state index contributed by atoms with van der Waals surface area (Å²) in [6.45, 7) is 6.12. The second-order valence-electron chi connectivity index (χ2n) is 4.15. The van der Waals surface area contributed by atoms with Crippen LogP contribution in [0.1, 0.15) is 30.7 Å². The van der Waals surface area contributed by atoms with Crippen molar-refractivity contribution < 1.29 is 5.11 Å². The van der Waals surface area contributed by atoms with Gasteiger partial charge in [0.05, 0.1) is 11.4 Å². The fourth-order valence-electron chi connectivity index (χ4n) is 2.10. The topological polar surface area (TPSA) is 38.0 Å². The second-order valence-corrected chi connectivity index (χ2v) is 4.15. The van der Waals surface area contributed by atoms with Gasteiger partial charge in [0.1, 0.15) is 0 Å². The van der Waals surface area contributed by atoms with Gasteiger partial charge in [-0.15, -0.1) is 0 Å². The van der Waals surface area contributed by atoms with Crippen LogP contribution in [0.15, 0.2) is 24.3 Å². The van der Waals surface area contributed by atoms with Crippen molar-refractivity contribution in [1.82, 2.24) is 9.78 Å². The van der Waals surface area contributed by atoms with Gasteiger partial charge in [0.15, 0.2) is 0 Å². The molecular formula is C14H18N2O. The van der Waals surface area contributed by atoms with Crippen LogP contribution < -0.4 is 0 Å². The number of aromatic nitrogens is 2. The van der Waals surface area contributed by atoms with Gasteiger partial charge in [-0.3, -0.25) is 0 Å². The van der Waals surface area contributed by atoms with Crippen molar-refractivity contribution >= 4 is 0 Å². The van der Waals surface area contributed by atoms with Gasteiger partial charge in [0, 0.05) is 5.56 Å². The Kier molecular flexibility index (Phi) is 3.18. The number of aromatic hydroxyl groups is 1. The summed E-state index contributed by atoms with van der Waals surface area (Å²) < 4.78 is 1.65. The highest BCUT2D eigenvalue weighted by molar-refractivity contribution is 5.45. The molecule has 1 aromatic heterocycles. The van der Waals surface area contributed by atoms with E-state index in [4.69, 9.17) is 0 Å². The van der Waals surface area contributed by atoms with E-state index in [1.54, 1.807) is 4.68 Å². The minimum Gasteiger partial charge on any atom is -0.493 e. The van der Waals surface area contributed by atoms with Crippen molar-refractivity contribution in [2.45, 2.75) is 33.6 Å². The highest BCUT2D eigenvalue weighted by atomic mass is 16.3. The molecule has 0 spiro atoms. The average Bonchev–Trinajstić information content (AvgIpc) is 2.66. The molecule has 1 aromatic carbocycles. The summed E-state index contributed by atoms with van der Waals surface area (Å²) in [5, 5.41) is 14.7. The third-order valence-electron chi connectivity index (χ3n) is 3.07. The first-order chi connectivity index (χ1) is 8.19. The Morgan fingerprint density at radius 1 is 1.18 bits per heavy atom. The summed E-state index contributed by atoms with van der Waals surface area (Å²) in [7, 11) is 0. The molecule has 0 aliphatic carbocycles. The Balaban J connectivity index is 2.61. The van der Waals surface area contributed by atoms with E-state index < -0.39 is 0 Å². The predicted molar refractivity (Wildman–Crippen MR) is 68.7 cm³/mol. The molecule has 0 atom stereocenters. The van der Waals surface area contributed by atoms with Crippen LogP contribution in [-0.2, 0) is 12.8 Å². The number of nitrogens with zero attached hydrogens (tertiary/aromatic N) is 2. The Labute approximate surface area is 102 Å². The van der Waals surface area contributed by atoms with Gasteiger partial charge < -0.3 is 5.11 Å². The fourth-order valence-corrected chi connectivity index (χ4v) is 2.10. The smallest absolute Gasteiger partial charge is 0.217 e. The molecule has 0 unspecified atom stereocenters. The molecule has 2 aromatic rings. The lowest BCUT2D eigenvalue weighted by Crippen LogP contribution is -1.98. The zero-order valence-corrected chi connectivity index (χ0v) is 10.6. The third kappa shape index (κ3) is 1.93. The number of aryl methyl sites for hydroxylation is 2. The zero-order chi connectivity index (χ0) is 12.4. The molecular weight excluding hydrogens is 212 g/mol. The summed E-state index contributed by atoms with van der Waals surface area (Å²) in [5.74, 6) is 0.277. The van der Waals surface area contributed by atoms with Crippen LogP contribution in [0.2, 0.25) is 0 Å². The molecule has 0 fully saturated rings. The van der Waals surface area contributed by atoms with Crippen molar-refractivity contribution in [1.29, 1.82) is 0 Å². The highest BCUT2D eigenvalue weighted by Gasteiger charge is 2.16. The average molecular weight is 230 g/mol. The molecule has 0 saturated carbocycles. The molecule has 17 heavy (non-hydrogen) atoms. The molecule has 0 amide bonds. The van der Waals surface area contributed by atoms with Gasteiger partial charge in [0.2, 0.25) is 5.88 Å². The molecule has 1 heterocycles. The lowest BCUT2D eigenvalue weighted by Gasteiger charge is -2.06. The summed E-state index contributed by atoms with van der Waals surface area (Å²) in [5.41, 5.74) is 3.99. The molecule has 0 radical (unpaired) electrons. The molecule has 0 saturated heterocycles. The largest absolute Gasteiger partial charge is 0.493 e.